The highest BCUT2D eigenvalue weighted by Crippen LogP contribution is 2.39. The smallest absolute Gasteiger partial charge is 0.328 e. The van der Waals surface area contributed by atoms with Crippen LogP contribution in [0.2, 0.25) is 0 Å². The molecule has 2 rings (SSSR count). The summed E-state index contributed by atoms with van der Waals surface area (Å²) >= 11 is 0. The van der Waals surface area contributed by atoms with Crippen LogP contribution in [0.5, 0.6) is 28.7 Å². The van der Waals surface area contributed by atoms with Crippen LogP contribution in [0.1, 0.15) is 16.7 Å². The zero-order valence-electron chi connectivity index (χ0n) is 22.6. The molecule has 0 fully saturated rings. The molecular weight excluding hydrogens is 528 g/mol. The van der Waals surface area contributed by atoms with Crippen molar-refractivity contribution < 1.29 is 58.1 Å². The molecule has 40 heavy (non-hydrogen) atoms. The van der Waals surface area contributed by atoms with E-state index in [4.69, 9.17) is 43.4 Å². The van der Waals surface area contributed by atoms with Crippen molar-refractivity contribution in [1.82, 2.24) is 0 Å². The van der Waals surface area contributed by atoms with Crippen molar-refractivity contribution in [2.24, 2.45) is 0 Å². The lowest BCUT2D eigenvalue weighted by molar-refractivity contribution is -0.132. The Kier molecular flexibility index (Phi) is 13.9. The molecule has 0 aromatic heterocycles. The van der Waals surface area contributed by atoms with Crippen LogP contribution in [0.4, 0.5) is 0 Å². The highest BCUT2D eigenvalue weighted by atomic mass is 16.6. The Hall–Kier alpha value is -4.26. The minimum absolute atomic E-state index is 0.189. The van der Waals surface area contributed by atoms with Crippen molar-refractivity contribution >= 4 is 24.1 Å². The van der Waals surface area contributed by atoms with Crippen molar-refractivity contribution in [2.45, 2.75) is 6.61 Å². The molecule has 0 heterocycles. The molecule has 3 N–H and O–H groups in total. The first-order valence-electron chi connectivity index (χ1n) is 12.1. The Bertz CT molecular complexity index is 1030. The third-order valence-electron chi connectivity index (χ3n) is 5.18. The van der Waals surface area contributed by atoms with Crippen molar-refractivity contribution in [3.8, 4) is 28.7 Å². The number of aliphatic hydroxyl groups excluding tert-OH is 1. The zero-order valence-corrected chi connectivity index (χ0v) is 22.6. The van der Waals surface area contributed by atoms with Crippen molar-refractivity contribution in [1.29, 1.82) is 0 Å². The van der Waals surface area contributed by atoms with Gasteiger partial charge in [0.05, 0.1) is 54.4 Å². The normalized spacial score (nSPS) is 11.1. The molecule has 0 saturated carbocycles. The van der Waals surface area contributed by atoms with Crippen LogP contribution in [0, 0.1) is 0 Å². The Morgan fingerprint density at radius 2 is 1.05 bits per heavy atom. The van der Waals surface area contributed by atoms with Crippen LogP contribution < -0.4 is 23.7 Å². The summed E-state index contributed by atoms with van der Waals surface area (Å²) < 4.78 is 38.6. The number of ether oxygens (including phenoxy) is 7. The van der Waals surface area contributed by atoms with E-state index in [9.17, 15) is 14.7 Å². The van der Waals surface area contributed by atoms with Gasteiger partial charge >= 0.3 is 11.9 Å². The monoisotopic (exact) mass is 562 g/mol. The number of hydrogen-bond donors (Lipinski definition) is 3. The van der Waals surface area contributed by atoms with Gasteiger partial charge in [0.2, 0.25) is 5.75 Å². The van der Waals surface area contributed by atoms with Gasteiger partial charge in [-0.25, -0.2) is 9.59 Å². The van der Waals surface area contributed by atoms with E-state index in [1.54, 1.807) is 24.3 Å². The number of carbonyl (C=O) groups is 2. The molecule has 0 aliphatic heterocycles. The van der Waals surface area contributed by atoms with Gasteiger partial charge in [-0.15, -0.1) is 0 Å². The molecule has 2 aromatic rings. The van der Waals surface area contributed by atoms with E-state index >= 15 is 0 Å². The number of carboxylic acids is 2. The summed E-state index contributed by atoms with van der Waals surface area (Å²) in [6.07, 6.45) is 4.83. The lowest BCUT2D eigenvalue weighted by Gasteiger charge is -2.16. The number of carboxylic acid groups (broad SMARTS) is 2. The minimum atomic E-state index is -1.09. The average molecular weight is 563 g/mol. The van der Waals surface area contributed by atoms with Crippen LogP contribution in [0.25, 0.3) is 12.2 Å². The Balaban J connectivity index is 1.74. The number of hydrogen-bond acceptors (Lipinski definition) is 10. The highest BCUT2D eigenvalue weighted by molar-refractivity contribution is 5.86. The predicted molar refractivity (Wildman–Crippen MR) is 144 cm³/mol. The van der Waals surface area contributed by atoms with Gasteiger partial charge in [-0.1, -0.05) is 0 Å². The van der Waals surface area contributed by atoms with Crippen molar-refractivity contribution in [3.63, 3.8) is 0 Å². The first-order valence-corrected chi connectivity index (χ1v) is 12.1. The van der Waals surface area contributed by atoms with Gasteiger partial charge in [0, 0.05) is 17.7 Å². The van der Waals surface area contributed by atoms with E-state index in [-0.39, 0.29) is 33.0 Å². The van der Waals surface area contributed by atoms with Crippen molar-refractivity contribution in [2.75, 3.05) is 61.0 Å². The standard InChI is InChI=1S/C28H34O12/c1-34-22-15-19(4-6-25(30)31)14-21(18-29)27(22)39-12-10-37-8-9-38-11-13-40-28-23(35-2)16-20(5-7-26(32)33)17-24(28)36-3/h4-7,14-17,29H,8-13,18H2,1-3H3,(H,30,31)(H,32,33)/b6-4+,7-5+. The molecule has 0 spiro atoms. The first-order chi connectivity index (χ1) is 19.3. The molecule has 2 aromatic carbocycles. The third-order valence-corrected chi connectivity index (χ3v) is 5.18. The second-order valence-corrected chi connectivity index (χ2v) is 7.89. The fraction of sp³-hybridized carbons (Fsp3) is 0.357. The summed E-state index contributed by atoms with van der Waals surface area (Å²) in [7, 11) is 4.39. The zero-order chi connectivity index (χ0) is 29.3. The summed E-state index contributed by atoms with van der Waals surface area (Å²) in [4.78, 5) is 21.5. The van der Waals surface area contributed by atoms with Gasteiger partial charge in [-0.3, -0.25) is 0 Å². The number of aliphatic carboxylic acids is 2. The molecule has 12 nitrogen and oxygen atoms in total. The molecule has 0 atom stereocenters. The lowest BCUT2D eigenvalue weighted by Crippen LogP contribution is -2.14. The molecule has 0 bridgehead atoms. The van der Waals surface area contributed by atoms with Crippen LogP contribution in [0.15, 0.2) is 36.4 Å². The van der Waals surface area contributed by atoms with Crippen LogP contribution in [-0.4, -0.2) is 88.2 Å². The van der Waals surface area contributed by atoms with E-state index in [1.807, 2.05) is 0 Å². The number of aliphatic hydroxyl groups is 1. The molecular formula is C28H34O12. The SMILES string of the molecule is COc1cc(/C=C/C(=O)O)cc(CO)c1OCCOCCOCCOc1c(OC)cc(/C=C/C(=O)O)cc1OC. The van der Waals surface area contributed by atoms with E-state index in [2.05, 4.69) is 0 Å². The quantitative estimate of drug-likeness (QED) is 0.170. The maximum Gasteiger partial charge on any atom is 0.328 e. The first kappa shape index (κ1) is 32.0. The molecule has 12 heteroatoms. The number of methoxy groups -OCH3 is 3. The van der Waals surface area contributed by atoms with Crippen LogP contribution in [-0.2, 0) is 25.7 Å². The van der Waals surface area contributed by atoms with Crippen LogP contribution >= 0.6 is 0 Å². The van der Waals surface area contributed by atoms with Gasteiger partial charge in [-0.05, 0) is 47.5 Å². The lowest BCUT2D eigenvalue weighted by atomic mass is 10.1. The maximum atomic E-state index is 10.8. The van der Waals surface area contributed by atoms with E-state index in [0.29, 0.717) is 58.7 Å². The number of rotatable bonds is 19. The van der Waals surface area contributed by atoms with Crippen molar-refractivity contribution in [3.05, 3.63) is 53.1 Å². The Morgan fingerprint density at radius 1 is 0.650 bits per heavy atom. The van der Waals surface area contributed by atoms with Gasteiger partial charge in [0.1, 0.15) is 13.2 Å². The van der Waals surface area contributed by atoms with Crippen LogP contribution in [0.3, 0.4) is 0 Å². The van der Waals surface area contributed by atoms with Gasteiger partial charge in [-0.2, -0.15) is 0 Å². The molecule has 0 radical (unpaired) electrons. The average Bonchev–Trinajstić information content (AvgIpc) is 2.95. The molecule has 0 saturated heterocycles. The third kappa shape index (κ3) is 10.5. The second-order valence-electron chi connectivity index (χ2n) is 7.89. The summed E-state index contributed by atoms with van der Waals surface area (Å²) in [5, 5.41) is 27.3. The fourth-order valence-electron chi connectivity index (χ4n) is 3.41. The topological polar surface area (TPSA) is 159 Å². The minimum Gasteiger partial charge on any atom is -0.493 e. The molecule has 0 unspecified atom stereocenters. The largest absolute Gasteiger partial charge is 0.493 e. The Labute approximate surface area is 231 Å². The predicted octanol–water partition coefficient (Wildman–Crippen LogP) is 2.89. The Morgan fingerprint density at radius 3 is 1.48 bits per heavy atom. The second kappa shape index (κ2) is 17.4. The fourth-order valence-corrected chi connectivity index (χ4v) is 3.41. The summed E-state index contributed by atoms with van der Waals surface area (Å²) in [5.41, 5.74) is 1.58. The summed E-state index contributed by atoms with van der Waals surface area (Å²) in [5.74, 6) is -0.288. The van der Waals surface area contributed by atoms with E-state index in [1.165, 1.54) is 33.5 Å². The molecule has 0 amide bonds. The van der Waals surface area contributed by atoms with Gasteiger partial charge in [0.15, 0.2) is 23.0 Å². The number of benzene rings is 2. The highest BCUT2D eigenvalue weighted by Gasteiger charge is 2.14. The molecule has 0 aliphatic rings. The molecule has 0 aliphatic carbocycles. The maximum absolute atomic E-state index is 10.8. The molecule has 218 valence electrons. The van der Waals surface area contributed by atoms with Gasteiger partial charge in [0.25, 0.3) is 0 Å². The van der Waals surface area contributed by atoms with E-state index in [0.717, 1.165) is 12.2 Å². The summed E-state index contributed by atoms with van der Waals surface area (Å²) in [6.45, 7) is 1.23. The summed E-state index contributed by atoms with van der Waals surface area (Å²) in [6, 6.07) is 6.50. The van der Waals surface area contributed by atoms with Gasteiger partial charge < -0.3 is 48.5 Å². The van der Waals surface area contributed by atoms with E-state index < -0.39 is 11.9 Å².